The maximum absolute atomic E-state index is 13.7. The van der Waals surface area contributed by atoms with E-state index in [0.717, 1.165) is 12.1 Å². The summed E-state index contributed by atoms with van der Waals surface area (Å²) in [6.45, 7) is 1.33. The van der Waals surface area contributed by atoms with E-state index in [9.17, 15) is 4.39 Å². The molecule has 0 amide bonds. The highest BCUT2D eigenvalue weighted by atomic mass is 19.1. The molecule has 3 heteroatoms. The Morgan fingerprint density at radius 2 is 1.80 bits per heavy atom. The minimum absolute atomic E-state index is 0.176. The highest BCUT2D eigenvalue weighted by Gasteiger charge is 2.12. The second-order valence-corrected chi connectivity index (χ2v) is 4.98. The van der Waals surface area contributed by atoms with Crippen molar-refractivity contribution < 1.29 is 4.39 Å². The van der Waals surface area contributed by atoms with Gasteiger partial charge >= 0.3 is 0 Å². The Labute approximate surface area is 117 Å². The number of hydrogen-bond donors (Lipinski definition) is 1. The lowest BCUT2D eigenvalue weighted by Gasteiger charge is -2.17. The molecular weight excluding hydrogens is 251 g/mol. The van der Waals surface area contributed by atoms with Crippen molar-refractivity contribution in [1.82, 2.24) is 4.57 Å². The number of fused-ring (bicyclic) bond motifs is 1. The van der Waals surface area contributed by atoms with Gasteiger partial charge in [-0.2, -0.15) is 0 Å². The molecule has 0 saturated heterocycles. The second kappa shape index (κ2) is 5.47. The van der Waals surface area contributed by atoms with Crippen molar-refractivity contribution in [3.63, 3.8) is 0 Å². The molecule has 2 N–H and O–H groups in total. The summed E-state index contributed by atoms with van der Waals surface area (Å²) >= 11 is 0. The van der Waals surface area contributed by atoms with Crippen LogP contribution >= 0.6 is 0 Å². The van der Waals surface area contributed by atoms with Crippen molar-refractivity contribution in [3.8, 4) is 0 Å². The molecule has 0 aliphatic heterocycles. The third-order valence-corrected chi connectivity index (χ3v) is 3.73. The number of halogens is 1. The fourth-order valence-electron chi connectivity index (χ4n) is 2.62. The Morgan fingerprint density at radius 1 is 1.00 bits per heavy atom. The van der Waals surface area contributed by atoms with Gasteiger partial charge in [-0.05, 0) is 23.8 Å². The monoisotopic (exact) mass is 268 g/mol. The largest absolute Gasteiger partial charge is 0.347 e. The third-order valence-electron chi connectivity index (χ3n) is 3.73. The Hall–Kier alpha value is -2.13. The summed E-state index contributed by atoms with van der Waals surface area (Å²) in [4.78, 5) is 0. The van der Waals surface area contributed by atoms with E-state index in [2.05, 4.69) is 16.7 Å². The molecule has 102 valence electrons. The lowest BCUT2D eigenvalue weighted by Crippen LogP contribution is -2.18. The van der Waals surface area contributed by atoms with E-state index in [1.807, 2.05) is 36.5 Å². The molecule has 3 aromatic rings. The van der Waals surface area contributed by atoms with Crippen LogP contribution in [0.1, 0.15) is 11.5 Å². The highest BCUT2D eigenvalue weighted by Crippen LogP contribution is 2.23. The maximum Gasteiger partial charge on any atom is 0.132 e. The topological polar surface area (TPSA) is 30.9 Å². The molecular formula is C17H17FN2. The first-order valence-electron chi connectivity index (χ1n) is 6.78. The van der Waals surface area contributed by atoms with Crippen LogP contribution in [0.2, 0.25) is 0 Å². The zero-order chi connectivity index (χ0) is 13.9. The van der Waals surface area contributed by atoms with Gasteiger partial charge in [-0.15, -0.1) is 0 Å². The molecule has 1 aromatic heterocycles. The lowest BCUT2D eigenvalue weighted by atomic mass is 9.99. The minimum Gasteiger partial charge on any atom is -0.347 e. The van der Waals surface area contributed by atoms with Gasteiger partial charge in [-0.1, -0.05) is 36.4 Å². The first-order valence-corrected chi connectivity index (χ1v) is 6.78. The number of rotatable bonds is 4. The average Bonchev–Trinajstić information content (AvgIpc) is 2.90. The van der Waals surface area contributed by atoms with Crippen LogP contribution in [0.4, 0.5) is 4.39 Å². The van der Waals surface area contributed by atoms with Gasteiger partial charge in [0.05, 0.1) is 5.52 Å². The number of nitrogens with zero attached hydrogens (tertiary/aromatic N) is 1. The minimum atomic E-state index is -0.176. The number of aromatic nitrogens is 1. The molecule has 1 unspecified atom stereocenters. The lowest BCUT2D eigenvalue weighted by molar-refractivity contribution is 0.579. The summed E-state index contributed by atoms with van der Waals surface area (Å²) in [6.07, 6.45) is 1.93. The molecule has 1 heterocycles. The Balaban J connectivity index is 1.94. The van der Waals surface area contributed by atoms with E-state index in [0.29, 0.717) is 11.9 Å². The first-order chi connectivity index (χ1) is 9.79. The fourth-order valence-corrected chi connectivity index (χ4v) is 2.62. The summed E-state index contributed by atoms with van der Waals surface area (Å²) in [5.41, 5.74) is 8.04. The molecule has 20 heavy (non-hydrogen) atoms. The van der Waals surface area contributed by atoms with Crippen molar-refractivity contribution in [2.75, 3.05) is 6.54 Å². The summed E-state index contributed by atoms with van der Waals surface area (Å²) in [5.74, 6) is 0.0559. The van der Waals surface area contributed by atoms with Crippen LogP contribution in [0, 0.1) is 5.82 Å². The van der Waals surface area contributed by atoms with Gasteiger partial charge in [0, 0.05) is 30.6 Å². The smallest absolute Gasteiger partial charge is 0.132 e. The van der Waals surface area contributed by atoms with E-state index in [4.69, 9.17) is 5.73 Å². The van der Waals surface area contributed by atoms with E-state index in [-0.39, 0.29) is 11.7 Å². The van der Waals surface area contributed by atoms with Crippen LogP contribution in [-0.4, -0.2) is 11.1 Å². The Morgan fingerprint density at radius 3 is 2.55 bits per heavy atom. The van der Waals surface area contributed by atoms with Crippen molar-refractivity contribution in [3.05, 3.63) is 72.2 Å². The first kappa shape index (κ1) is 12.9. The molecule has 0 bridgehead atoms. The molecule has 0 fully saturated rings. The quantitative estimate of drug-likeness (QED) is 0.771. The summed E-state index contributed by atoms with van der Waals surface area (Å²) in [5, 5.41) is 0.663. The van der Waals surface area contributed by atoms with Crippen LogP contribution in [-0.2, 0) is 6.54 Å². The predicted molar refractivity (Wildman–Crippen MR) is 80.1 cm³/mol. The SMILES string of the molecule is NCC(Cn1ccc2c(F)cccc21)c1ccccc1. The van der Waals surface area contributed by atoms with Gasteiger partial charge in [-0.25, -0.2) is 4.39 Å². The van der Waals surface area contributed by atoms with Crippen molar-refractivity contribution in [1.29, 1.82) is 0 Å². The summed E-state index contributed by atoms with van der Waals surface area (Å²) < 4.78 is 15.8. The third kappa shape index (κ3) is 2.32. The standard InChI is InChI=1S/C17H17FN2/c18-16-7-4-8-17-15(16)9-10-20(17)12-14(11-19)13-5-2-1-3-6-13/h1-10,14H,11-12,19H2. The van der Waals surface area contributed by atoms with Crippen LogP contribution in [0.15, 0.2) is 60.8 Å². The number of nitrogens with two attached hydrogens (primary N) is 1. The average molecular weight is 268 g/mol. The Kier molecular flexibility index (Phi) is 3.52. The van der Waals surface area contributed by atoms with Crippen LogP contribution in [0.3, 0.4) is 0 Å². The zero-order valence-electron chi connectivity index (χ0n) is 11.2. The molecule has 3 rings (SSSR count). The summed E-state index contributed by atoms with van der Waals surface area (Å²) in [7, 11) is 0. The van der Waals surface area contributed by atoms with Gasteiger partial charge in [0.25, 0.3) is 0 Å². The predicted octanol–water partition coefficient (Wildman–Crippen LogP) is 3.52. The van der Waals surface area contributed by atoms with Gasteiger partial charge in [0.2, 0.25) is 0 Å². The van der Waals surface area contributed by atoms with Crippen LogP contribution < -0.4 is 5.73 Å². The van der Waals surface area contributed by atoms with E-state index < -0.39 is 0 Å². The van der Waals surface area contributed by atoms with Gasteiger partial charge in [0.1, 0.15) is 5.82 Å². The van der Waals surface area contributed by atoms with E-state index in [1.54, 1.807) is 6.07 Å². The van der Waals surface area contributed by atoms with Gasteiger partial charge in [0.15, 0.2) is 0 Å². The van der Waals surface area contributed by atoms with Crippen LogP contribution in [0.25, 0.3) is 10.9 Å². The molecule has 2 aromatic carbocycles. The van der Waals surface area contributed by atoms with E-state index >= 15 is 0 Å². The summed E-state index contributed by atoms with van der Waals surface area (Å²) in [6, 6.07) is 17.2. The van der Waals surface area contributed by atoms with E-state index in [1.165, 1.54) is 11.6 Å². The van der Waals surface area contributed by atoms with Gasteiger partial charge in [-0.3, -0.25) is 0 Å². The molecule has 1 atom stereocenters. The molecule has 0 saturated carbocycles. The van der Waals surface area contributed by atoms with Crippen molar-refractivity contribution in [2.45, 2.75) is 12.5 Å². The van der Waals surface area contributed by atoms with Gasteiger partial charge < -0.3 is 10.3 Å². The van der Waals surface area contributed by atoms with Crippen molar-refractivity contribution >= 4 is 10.9 Å². The molecule has 0 spiro atoms. The van der Waals surface area contributed by atoms with Crippen molar-refractivity contribution in [2.24, 2.45) is 5.73 Å². The number of benzene rings is 2. The number of hydrogen-bond acceptors (Lipinski definition) is 1. The van der Waals surface area contributed by atoms with Crippen LogP contribution in [0.5, 0.6) is 0 Å². The zero-order valence-corrected chi connectivity index (χ0v) is 11.2. The highest BCUT2D eigenvalue weighted by molar-refractivity contribution is 5.80. The molecule has 0 aliphatic carbocycles. The molecule has 0 aliphatic rings. The normalized spacial score (nSPS) is 12.7. The maximum atomic E-state index is 13.7. The molecule has 0 radical (unpaired) electrons. The molecule has 2 nitrogen and oxygen atoms in total. The Bertz CT molecular complexity index is 703. The second-order valence-electron chi connectivity index (χ2n) is 4.98. The fraction of sp³-hybridized carbons (Fsp3) is 0.176.